The van der Waals surface area contributed by atoms with Gasteiger partial charge in [-0.2, -0.15) is 0 Å². The molecule has 0 saturated heterocycles. The van der Waals surface area contributed by atoms with Crippen molar-refractivity contribution in [3.05, 3.63) is 30.2 Å². The molecule has 0 spiro atoms. The molecule has 0 aliphatic carbocycles. The highest BCUT2D eigenvalue weighted by Gasteiger charge is 2.06. The van der Waals surface area contributed by atoms with Crippen molar-refractivity contribution in [2.24, 2.45) is 5.92 Å². The summed E-state index contributed by atoms with van der Waals surface area (Å²) in [4.78, 5) is 11.5. The fourth-order valence-electron chi connectivity index (χ4n) is 1.82. The smallest absolute Gasteiger partial charge is 0.220 e. The second-order valence-corrected chi connectivity index (χ2v) is 4.74. The van der Waals surface area contributed by atoms with Gasteiger partial charge in [-0.15, -0.1) is 10.2 Å². The molecule has 0 radical (unpaired) electrons. The van der Waals surface area contributed by atoms with E-state index in [1.54, 1.807) is 0 Å². The lowest BCUT2D eigenvalue weighted by Crippen LogP contribution is -2.27. The molecule has 0 aliphatic rings. The van der Waals surface area contributed by atoms with Crippen molar-refractivity contribution in [3.63, 3.8) is 0 Å². The molecular formula is C13H18N4O. The molecule has 1 N–H and O–H groups in total. The van der Waals surface area contributed by atoms with Crippen LogP contribution in [0.15, 0.2) is 24.4 Å². The summed E-state index contributed by atoms with van der Waals surface area (Å²) in [6.45, 7) is 4.67. The first kappa shape index (κ1) is 12.5. The fourth-order valence-corrected chi connectivity index (χ4v) is 1.82. The highest BCUT2D eigenvalue weighted by atomic mass is 16.1. The minimum absolute atomic E-state index is 0.0961. The van der Waals surface area contributed by atoms with Crippen LogP contribution >= 0.6 is 0 Å². The van der Waals surface area contributed by atoms with Crippen LogP contribution in [-0.4, -0.2) is 27.0 Å². The third-order valence-electron chi connectivity index (χ3n) is 2.65. The number of carbonyl (C=O) groups is 1. The molecule has 2 heterocycles. The van der Waals surface area contributed by atoms with E-state index in [-0.39, 0.29) is 5.91 Å². The second-order valence-electron chi connectivity index (χ2n) is 4.74. The molecule has 0 saturated carbocycles. The summed E-state index contributed by atoms with van der Waals surface area (Å²) < 4.78 is 1.94. The van der Waals surface area contributed by atoms with Crippen LogP contribution in [0.1, 0.15) is 26.1 Å². The van der Waals surface area contributed by atoms with Gasteiger partial charge in [0.2, 0.25) is 5.91 Å². The van der Waals surface area contributed by atoms with Crippen molar-refractivity contribution in [1.29, 1.82) is 0 Å². The third kappa shape index (κ3) is 3.06. The van der Waals surface area contributed by atoms with Gasteiger partial charge in [-0.1, -0.05) is 19.9 Å². The van der Waals surface area contributed by atoms with Crippen molar-refractivity contribution < 1.29 is 4.79 Å². The Kier molecular flexibility index (Phi) is 3.92. The normalized spacial score (nSPS) is 11.1. The molecule has 0 atom stereocenters. The monoisotopic (exact) mass is 246 g/mol. The number of aromatic nitrogens is 3. The lowest BCUT2D eigenvalue weighted by molar-refractivity contribution is -0.121. The molecule has 2 aromatic rings. The zero-order chi connectivity index (χ0) is 13.0. The van der Waals surface area contributed by atoms with Crippen molar-refractivity contribution in [1.82, 2.24) is 19.9 Å². The van der Waals surface area contributed by atoms with E-state index in [4.69, 9.17) is 0 Å². The van der Waals surface area contributed by atoms with Gasteiger partial charge < -0.3 is 5.32 Å². The van der Waals surface area contributed by atoms with Gasteiger partial charge in [0.15, 0.2) is 5.65 Å². The van der Waals surface area contributed by atoms with Crippen molar-refractivity contribution in [2.45, 2.75) is 26.7 Å². The molecule has 0 aromatic carbocycles. The molecular weight excluding hydrogens is 228 g/mol. The van der Waals surface area contributed by atoms with Crippen LogP contribution in [0.25, 0.3) is 5.65 Å². The number of nitrogens with one attached hydrogen (secondary N) is 1. The van der Waals surface area contributed by atoms with Gasteiger partial charge in [-0.3, -0.25) is 9.20 Å². The molecule has 1 amide bonds. The topological polar surface area (TPSA) is 59.3 Å². The van der Waals surface area contributed by atoms with Gasteiger partial charge in [0, 0.05) is 25.6 Å². The number of hydrogen-bond donors (Lipinski definition) is 1. The zero-order valence-corrected chi connectivity index (χ0v) is 10.8. The highest BCUT2D eigenvalue weighted by Crippen LogP contribution is 2.03. The molecule has 5 nitrogen and oxygen atoms in total. The van der Waals surface area contributed by atoms with Crippen molar-refractivity contribution in [2.75, 3.05) is 6.54 Å². The number of rotatable bonds is 5. The van der Waals surface area contributed by atoms with Crippen LogP contribution in [0, 0.1) is 5.92 Å². The van der Waals surface area contributed by atoms with Gasteiger partial charge in [0.25, 0.3) is 0 Å². The summed E-state index contributed by atoms with van der Waals surface area (Å²) in [5.74, 6) is 1.35. The van der Waals surface area contributed by atoms with E-state index in [0.717, 1.165) is 11.5 Å². The van der Waals surface area contributed by atoms with Crippen LogP contribution in [0.5, 0.6) is 0 Å². The van der Waals surface area contributed by atoms with E-state index >= 15 is 0 Å². The van der Waals surface area contributed by atoms with E-state index < -0.39 is 0 Å². The Morgan fingerprint density at radius 3 is 3.00 bits per heavy atom. The Balaban J connectivity index is 1.89. The number of amides is 1. The lowest BCUT2D eigenvalue weighted by atomic mass is 10.1. The van der Waals surface area contributed by atoms with E-state index in [0.29, 0.717) is 25.3 Å². The molecule has 0 fully saturated rings. The summed E-state index contributed by atoms with van der Waals surface area (Å²) in [5.41, 5.74) is 0.834. The summed E-state index contributed by atoms with van der Waals surface area (Å²) in [6.07, 6.45) is 3.19. The number of hydrogen-bond acceptors (Lipinski definition) is 3. The molecule has 2 rings (SSSR count). The fraction of sp³-hybridized carbons (Fsp3) is 0.462. The first-order chi connectivity index (χ1) is 8.66. The average Bonchev–Trinajstić information content (AvgIpc) is 2.72. The summed E-state index contributed by atoms with van der Waals surface area (Å²) in [7, 11) is 0. The highest BCUT2D eigenvalue weighted by molar-refractivity contribution is 5.76. The number of fused-ring (bicyclic) bond motifs is 1. The molecule has 0 unspecified atom stereocenters. The van der Waals surface area contributed by atoms with Gasteiger partial charge >= 0.3 is 0 Å². The third-order valence-corrected chi connectivity index (χ3v) is 2.65. The van der Waals surface area contributed by atoms with Gasteiger partial charge in [0.1, 0.15) is 5.82 Å². The molecule has 2 aromatic heterocycles. The molecule has 96 valence electrons. The summed E-state index contributed by atoms with van der Waals surface area (Å²) in [6, 6.07) is 5.78. The quantitative estimate of drug-likeness (QED) is 0.868. The average molecular weight is 246 g/mol. The van der Waals surface area contributed by atoms with Crippen LogP contribution < -0.4 is 5.32 Å². The van der Waals surface area contributed by atoms with Crippen LogP contribution in [-0.2, 0) is 11.2 Å². The number of carbonyl (C=O) groups excluding carboxylic acids is 1. The maximum atomic E-state index is 11.5. The van der Waals surface area contributed by atoms with Crippen molar-refractivity contribution in [3.8, 4) is 0 Å². The molecule has 5 heteroatoms. The summed E-state index contributed by atoms with van der Waals surface area (Å²) >= 11 is 0. The second kappa shape index (κ2) is 5.62. The first-order valence-electron chi connectivity index (χ1n) is 6.22. The van der Waals surface area contributed by atoms with Crippen LogP contribution in [0.4, 0.5) is 0 Å². The summed E-state index contributed by atoms with van der Waals surface area (Å²) in [5, 5.41) is 11.1. The SMILES string of the molecule is CC(C)CC(=O)NCCc1nnc2ccccn12. The lowest BCUT2D eigenvalue weighted by Gasteiger charge is -2.06. The molecule has 0 aliphatic heterocycles. The van der Waals surface area contributed by atoms with E-state index in [1.165, 1.54) is 0 Å². The van der Waals surface area contributed by atoms with E-state index in [1.807, 2.05) is 42.6 Å². The predicted octanol–water partition coefficient (Wildman–Crippen LogP) is 1.43. The maximum absolute atomic E-state index is 11.5. The zero-order valence-electron chi connectivity index (χ0n) is 10.8. The minimum Gasteiger partial charge on any atom is -0.356 e. The van der Waals surface area contributed by atoms with Crippen LogP contribution in [0.3, 0.4) is 0 Å². The Bertz CT molecular complexity index is 533. The molecule has 18 heavy (non-hydrogen) atoms. The van der Waals surface area contributed by atoms with Gasteiger partial charge in [-0.25, -0.2) is 0 Å². The maximum Gasteiger partial charge on any atom is 0.220 e. The predicted molar refractivity (Wildman–Crippen MR) is 69.2 cm³/mol. The van der Waals surface area contributed by atoms with E-state index in [9.17, 15) is 4.79 Å². The number of pyridine rings is 1. The first-order valence-corrected chi connectivity index (χ1v) is 6.22. The Hall–Kier alpha value is -1.91. The van der Waals surface area contributed by atoms with Crippen LogP contribution in [0.2, 0.25) is 0 Å². The van der Waals surface area contributed by atoms with Gasteiger partial charge in [0.05, 0.1) is 0 Å². The Labute approximate surface area is 106 Å². The minimum atomic E-state index is 0.0961. The Morgan fingerprint density at radius 1 is 1.39 bits per heavy atom. The largest absolute Gasteiger partial charge is 0.356 e. The molecule has 0 bridgehead atoms. The standard InChI is InChI=1S/C13H18N4O/c1-10(2)9-13(18)14-7-6-12-16-15-11-5-3-4-8-17(11)12/h3-5,8,10H,6-7,9H2,1-2H3,(H,14,18). The van der Waals surface area contributed by atoms with Crippen molar-refractivity contribution >= 4 is 11.6 Å². The Morgan fingerprint density at radius 2 is 2.22 bits per heavy atom. The van der Waals surface area contributed by atoms with E-state index in [2.05, 4.69) is 15.5 Å². The number of nitrogens with zero attached hydrogens (tertiary/aromatic N) is 3. The van der Waals surface area contributed by atoms with Gasteiger partial charge in [-0.05, 0) is 18.1 Å².